The molecule has 1 N–H and O–H groups in total. The Balaban J connectivity index is 2.21. The number of hydrogen-bond donors (Lipinski definition) is 1. The fourth-order valence-electron chi connectivity index (χ4n) is 1.61. The molecule has 0 saturated heterocycles. The fraction of sp³-hybridized carbons (Fsp3) is 0.500. The number of likely N-dealkylation sites (N-methyl/N-ethyl adjacent to an activating group) is 1. The summed E-state index contributed by atoms with van der Waals surface area (Å²) in [5, 5.41) is 15.7. The highest BCUT2D eigenvalue weighted by molar-refractivity contribution is 5.34. The Morgan fingerprint density at radius 2 is 2.33 bits per heavy atom. The second kappa shape index (κ2) is 4.35. The fourth-order valence-corrected chi connectivity index (χ4v) is 1.61. The van der Waals surface area contributed by atoms with Crippen molar-refractivity contribution in [3.63, 3.8) is 0 Å². The standard InChI is InChI=1S/C10H15N5/c1-3-11-8(2)7-10-14-13-9-5-4-6-12-15(9)10/h4-6,8,11H,3,7H2,1-2H3. The van der Waals surface area contributed by atoms with Gasteiger partial charge in [-0.1, -0.05) is 6.92 Å². The highest BCUT2D eigenvalue weighted by atomic mass is 15.4. The van der Waals surface area contributed by atoms with Crippen LogP contribution in [0.4, 0.5) is 0 Å². The summed E-state index contributed by atoms with van der Waals surface area (Å²) in [5.41, 5.74) is 0.802. The van der Waals surface area contributed by atoms with Crippen molar-refractivity contribution in [1.82, 2.24) is 25.1 Å². The molecule has 80 valence electrons. The molecule has 1 atom stereocenters. The van der Waals surface area contributed by atoms with E-state index < -0.39 is 0 Å². The zero-order valence-electron chi connectivity index (χ0n) is 9.01. The topological polar surface area (TPSA) is 55.1 Å². The predicted octanol–water partition coefficient (Wildman–Crippen LogP) is 0.665. The lowest BCUT2D eigenvalue weighted by Gasteiger charge is -2.09. The molecule has 0 aromatic carbocycles. The third kappa shape index (κ3) is 2.12. The van der Waals surface area contributed by atoms with Crippen LogP contribution in [0.5, 0.6) is 0 Å². The average Bonchev–Trinajstić information content (AvgIpc) is 2.62. The van der Waals surface area contributed by atoms with Gasteiger partial charge in [0.25, 0.3) is 0 Å². The zero-order valence-corrected chi connectivity index (χ0v) is 9.01. The number of aromatic nitrogens is 4. The van der Waals surface area contributed by atoms with Crippen molar-refractivity contribution >= 4 is 5.65 Å². The summed E-state index contributed by atoms with van der Waals surface area (Å²) >= 11 is 0. The van der Waals surface area contributed by atoms with Crippen LogP contribution in [0.3, 0.4) is 0 Å². The molecule has 0 aliphatic rings. The Bertz CT molecular complexity index is 436. The molecule has 1 unspecified atom stereocenters. The molecule has 0 fully saturated rings. The van der Waals surface area contributed by atoms with Crippen molar-refractivity contribution < 1.29 is 0 Å². The molecule has 0 amide bonds. The van der Waals surface area contributed by atoms with E-state index in [-0.39, 0.29) is 0 Å². The Morgan fingerprint density at radius 1 is 1.47 bits per heavy atom. The SMILES string of the molecule is CCNC(C)Cc1nnc2cccnn12. The lowest BCUT2D eigenvalue weighted by Crippen LogP contribution is -2.28. The quantitative estimate of drug-likeness (QED) is 0.797. The van der Waals surface area contributed by atoms with E-state index in [9.17, 15) is 0 Å². The van der Waals surface area contributed by atoms with Gasteiger partial charge in [-0.25, -0.2) is 0 Å². The first kappa shape index (κ1) is 10.0. The van der Waals surface area contributed by atoms with Crippen LogP contribution >= 0.6 is 0 Å². The first-order valence-corrected chi connectivity index (χ1v) is 5.20. The molecular formula is C10H15N5. The molecule has 0 bridgehead atoms. The second-order valence-corrected chi connectivity index (χ2v) is 3.57. The van der Waals surface area contributed by atoms with Gasteiger partial charge in [-0.3, -0.25) is 0 Å². The number of nitrogens with one attached hydrogen (secondary N) is 1. The van der Waals surface area contributed by atoms with Gasteiger partial charge in [-0.05, 0) is 25.6 Å². The second-order valence-electron chi connectivity index (χ2n) is 3.57. The molecule has 2 heterocycles. The number of nitrogens with zero attached hydrogens (tertiary/aromatic N) is 4. The van der Waals surface area contributed by atoms with Gasteiger partial charge in [0, 0.05) is 18.7 Å². The molecule has 5 nitrogen and oxygen atoms in total. The average molecular weight is 205 g/mol. The summed E-state index contributed by atoms with van der Waals surface area (Å²) in [6.07, 6.45) is 2.59. The van der Waals surface area contributed by atoms with Crippen LogP contribution in [-0.2, 0) is 6.42 Å². The van der Waals surface area contributed by atoms with Crippen LogP contribution in [-0.4, -0.2) is 32.4 Å². The van der Waals surface area contributed by atoms with Gasteiger partial charge in [0.1, 0.15) is 0 Å². The normalized spacial score (nSPS) is 13.2. The van der Waals surface area contributed by atoms with E-state index >= 15 is 0 Å². The summed E-state index contributed by atoms with van der Waals surface area (Å²) in [6.45, 7) is 5.19. The Labute approximate surface area is 88.5 Å². The minimum Gasteiger partial charge on any atom is -0.314 e. The van der Waals surface area contributed by atoms with E-state index in [1.165, 1.54) is 0 Å². The molecule has 2 aromatic heterocycles. The van der Waals surface area contributed by atoms with E-state index in [1.807, 2.05) is 12.1 Å². The number of rotatable bonds is 4. The van der Waals surface area contributed by atoms with Crippen LogP contribution in [0, 0.1) is 0 Å². The van der Waals surface area contributed by atoms with Gasteiger partial charge in [-0.15, -0.1) is 10.2 Å². The van der Waals surface area contributed by atoms with Crippen molar-refractivity contribution in [2.75, 3.05) is 6.54 Å². The highest BCUT2D eigenvalue weighted by Gasteiger charge is 2.09. The maximum atomic E-state index is 4.22. The van der Waals surface area contributed by atoms with Gasteiger partial charge in [0.05, 0.1) is 0 Å². The first-order valence-electron chi connectivity index (χ1n) is 5.20. The first-order chi connectivity index (χ1) is 7.31. The largest absolute Gasteiger partial charge is 0.314 e. The van der Waals surface area contributed by atoms with Crippen LogP contribution in [0.2, 0.25) is 0 Å². The van der Waals surface area contributed by atoms with Gasteiger partial charge >= 0.3 is 0 Å². The maximum Gasteiger partial charge on any atom is 0.177 e. The molecular weight excluding hydrogens is 190 g/mol. The van der Waals surface area contributed by atoms with Crippen LogP contribution in [0.25, 0.3) is 5.65 Å². The lowest BCUT2D eigenvalue weighted by molar-refractivity contribution is 0.545. The minimum absolute atomic E-state index is 0.393. The third-order valence-corrected chi connectivity index (χ3v) is 2.28. The number of hydrogen-bond acceptors (Lipinski definition) is 4. The van der Waals surface area contributed by atoms with Gasteiger partial charge in [-0.2, -0.15) is 9.61 Å². The molecule has 5 heteroatoms. The van der Waals surface area contributed by atoms with Crippen LogP contribution < -0.4 is 5.32 Å². The molecule has 0 radical (unpaired) electrons. The van der Waals surface area contributed by atoms with E-state index in [0.29, 0.717) is 6.04 Å². The predicted molar refractivity (Wildman–Crippen MR) is 57.6 cm³/mol. The smallest absolute Gasteiger partial charge is 0.177 e. The molecule has 0 saturated carbocycles. The highest BCUT2D eigenvalue weighted by Crippen LogP contribution is 2.02. The van der Waals surface area contributed by atoms with E-state index in [0.717, 1.165) is 24.4 Å². The molecule has 0 aliphatic carbocycles. The zero-order chi connectivity index (χ0) is 10.7. The van der Waals surface area contributed by atoms with E-state index in [1.54, 1.807) is 10.7 Å². The van der Waals surface area contributed by atoms with Gasteiger partial charge in [0.15, 0.2) is 11.5 Å². The van der Waals surface area contributed by atoms with Crippen molar-refractivity contribution in [2.24, 2.45) is 0 Å². The van der Waals surface area contributed by atoms with Crippen LogP contribution in [0.1, 0.15) is 19.7 Å². The van der Waals surface area contributed by atoms with Crippen molar-refractivity contribution in [2.45, 2.75) is 26.3 Å². The van der Waals surface area contributed by atoms with Crippen molar-refractivity contribution in [3.8, 4) is 0 Å². The monoisotopic (exact) mass is 205 g/mol. The Morgan fingerprint density at radius 3 is 3.13 bits per heavy atom. The summed E-state index contributed by atoms with van der Waals surface area (Å²) in [4.78, 5) is 0. The molecule has 0 aliphatic heterocycles. The molecule has 2 aromatic rings. The molecule has 0 spiro atoms. The van der Waals surface area contributed by atoms with Gasteiger partial charge < -0.3 is 5.32 Å². The third-order valence-electron chi connectivity index (χ3n) is 2.28. The summed E-state index contributed by atoms with van der Waals surface area (Å²) in [6, 6.07) is 4.16. The Hall–Kier alpha value is -1.49. The van der Waals surface area contributed by atoms with E-state index in [2.05, 4.69) is 34.5 Å². The van der Waals surface area contributed by atoms with Gasteiger partial charge in [0.2, 0.25) is 0 Å². The Kier molecular flexibility index (Phi) is 2.91. The maximum absolute atomic E-state index is 4.22. The number of fused-ring (bicyclic) bond motifs is 1. The minimum atomic E-state index is 0.393. The van der Waals surface area contributed by atoms with E-state index in [4.69, 9.17) is 0 Å². The lowest BCUT2D eigenvalue weighted by atomic mass is 10.2. The summed E-state index contributed by atoms with van der Waals surface area (Å²) < 4.78 is 1.79. The summed E-state index contributed by atoms with van der Waals surface area (Å²) in [7, 11) is 0. The summed E-state index contributed by atoms with van der Waals surface area (Å²) in [5.74, 6) is 0.902. The molecule has 15 heavy (non-hydrogen) atoms. The van der Waals surface area contributed by atoms with Crippen molar-refractivity contribution in [3.05, 3.63) is 24.2 Å². The molecule has 2 rings (SSSR count). The van der Waals surface area contributed by atoms with Crippen molar-refractivity contribution in [1.29, 1.82) is 0 Å². The van der Waals surface area contributed by atoms with Crippen LogP contribution in [0.15, 0.2) is 18.3 Å².